The lowest BCUT2D eigenvalue weighted by atomic mass is 9.99. The summed E-state index contributed by atoms with van der Waals surface area (Å²) < 4.78 is 12.7. The topological polar surface area (TPSA) is 98.6 Å². The normalized spacial score (nSPS) is 14.2. The van der Waals surface area contributed by atoms with E-state index >= 15 is 0 Å². The van der Waals surface area contributed by atoms with Crippen LogP contribution < -0.4 is 19.7 Å². The first kappa shape index (κ1) is 27.2. The van der Waals surface area contributed by atoms with Crippen molar-refractivity contribution in [3.8, 4) is 11.5 Å². The number of amides is 2. The Labute approximate surface area is 234 Å². The molecule has 2 amide bonds. The Balaban J connectivity index is 1.65. The quantitative estimate of drug-likeness (QED) is 0.308. The number of carbonyl (C=O) groups excluding carboxylic acids is 2. The molecule has 1 fully saturated rings. The fraction of sp³-hybridized carbons (Fsp3) is 0.355. The second-order valence-electron chi connectivity index (χ2n) is 9.98. The Morgan fingerprint density at radius 3 is 2.52 bits per heavy atom. The average Bonchev–Trinajstić information content (AvgIpc) is 3.65. The molecule has 40 heavy (non-hydrogen) atoms. The molecule has 0 radical (unpaired) electrons. The molecule has 1 heterocycles. The van der Waals surface area contributed by atoms with Gasteiger partial charge in [-0.25, -0.2) is 4.68 Å². The number of methoxy groups -OCH3 is 2. The molecule has 3 aromatic carbocycles. The van der Waals surface area contributed by atoms with Crippen LogP contribution in [-0.2, 0) is 22.6 Å². The first-order valence-corrected chi connectivity index (χ1v) is 13.7. The number of aromatic nitrogens is 3. The number of nitrogens with zero attached hydrogens (tertiary/aromatic N) is 4. The van der Waals surface area contributed by atoms with E-state index < -0.39 is 6.04 Å². The van der Waals surface area contributed by atoms with Crippen LogP contribution in [0.15, 0.2) is 66.7 Å². The summed E-state index contributed by atoms with van der Waals surface area (Å²) in [5, 5.41) is 11.7. The Kier molecular flexibility index (Phi) is 8.28. The molecule has 1 unspecified atom stereocenters. The largest absolute Gasteiger partial charge is 0.497 e. The van der Waals surface area contributed by atoms with Gasteiger partial charge in [0.1, 0.15) is 29.6 Å². The molecule has 9 nitrogen and oxygen atoms in total. The van der Waals surface area contributed by atoms with Gasteiger partial charge in [-0.3, -0.25) is 14.5 Å². The van der Waals surface area contributed by atoms with Gasteiger partial charge in [-0.15, -0.1) is 5.10 Å². The molecule has 0 spiro atoms. The minimum absolute atomic E-state index is 0.0665. The Morgan fingerprint density at radius 2 is 1.77 bits per heavy atom. The summed E-state index contributed by atoms with van der Waals surface area (Å²) in [4.78, 5) is 30.2. The highest BCUT2D eigenvalue weighted by atomic mass is 16.5. The third kappa shape index (κ3) is 5.50. The van der Waals surface area contributed by atoms with Gasteiger partial charge in [0.25, 0.3) is 0 Å². The zero-order valence-electron chi connectivity index (χ0n) is 23.2. The van der Waals surface area contributed by atoms with Crippen molar-refractivity contribution in [2.75, 3.05) is 19.1 Å². The molecule has 5 rings (SSSR count). The molecule has 1 aliphatic carbocycles. The van der Waals surface area contributed by atoms with E-state index in [2.05, 4.69) is 15.6 Å². The van der Waals surface area contributed by atoms with E-state index in [1.54, 1.807) is 42.0 Å². The standard InChI is InChI=1S/C31H35N5O4/c1-4-21-11-5-9-15-26(21)36(29(37)20-35-27-16-10-8-14-25(27)33-34-35)30(31(38)32-22-12-6-7-13-22)24-18-17-23(39-2)19-28(24)40-3/h5,8-11,14-19,22,30H,4,6-7,12-13,20H2,1-3H3,(H,32,38). The van der Waals surface area contributed by atoms with Crippen molar-refractivity contribution in [1.82, 2.24) is 20.3 Å². The zero-order chi connectivity index (χ0) is 28.1. The summed E-state index contributed by atoms with van der Waals surface area (Å²) in [5.74, 6) is 0.513. The third-order valence-corrected chi connectivity index (χ3v) is 7.55. The Hall–Kier alpha value is -4.40. The predicted octanol–water partition coefficient (Wildman–Crippen LogP) is 4.84. The number of rotatable bonds is 10. The molecule has 1 saturated carbocycles. The average molecular weight is 542 g/mol. The number of anilines is 1. The fourth-order valence-corrected chi connectivity index (χ4v) is 5.49. The summed E-state index contributed by atoms with van der Waals surface area (Å²) in [6, 6.07) is 19.6. The van der Waals surface area contributed by atoms with E-state index in [0.29, 0.717) is 34.7 Å². The van der Waals surface area contributed by atoms with Crippen LogP contribution in [-0.4, -0.2) is 47.1 Å². The molecule has 1 atom stereocenters. The first-order valence-electron chi connectivity index (χ1n) is 13.7. The van der Waals surface area contributed by atoms with Crippen molar-refractivity contribution < 1.29 is 19.1 Å². The maximum atomic E-state index is 14.4. The highest BCUT2D eigenvalue weighted by Crippen LogP contribution is 2.37. The number of carbonyl (C=O) groups is 2. The number of para-hydroxylation sites is 2. The predicted molar refractivity (Wildman–Crippen MR) is 154 cm³/mol. The lowest BCUT2D eigenvalue weighted by Crippen LogP contribution is -2.47. The van der Waals surface area contributed by atoms with E-state index in [4.69, 9.17) is 9.47 Å². The van der Waals surface area contributed by atoms with E-state index in [1.807, 2.05) is 55.5 Å². The molecule has 1 aromatic heterocycles. The molecule has 1 N–H and O–H groups in total. The number of nitrogens with one attached hydrogen (secondary N) is 1. The molecule has 1 aliphatic rings. The molecule has 9 heteroatoms. The van der Waals surface area contributed by atoms with Gasteiger partial charge in [0, 0.05) is 23.4 Å². The van der Waals surface area contributed by atoms with Crippen LogP contribution in [0.3, 0.4) is 0 Å². The van der Waals surface area contributed by atoms with E-state index in [0.717, 1.165) is 36.8 Å². The van der Waals surface area contributed by atoms with Crippen molar-refractivity contribution in [3.63, 3.8) is 0 Å². The van der Waals surface area contributed by atoms with Crippen LogP contribution in [0.2, 0.25) is 0 Å². The minimum atomic E-state index is -0.989. The van der Waals surface area contributed by atoms with Crippen molar-refractivity contribution in [2.24, 2.45) is 0 Å². The van der Waals surface area contributed by atoms with Crippen LogP contribution in [0.25, 0.3) is 11.0 Å². The van der Waals surface area contributed by atoms with Crippen molar-refractivity contribution in [1.29, 1.82) is 0 Å². The lowest BCUT2D eigenvalue weighted by molar-refractivity contribution is -0.127. The maximum absolute atomic E-state index is 14.4. The summed E-state index contributed by atoms with van der Waals surface area (Å²) in [7, 11) is 3.13. The molecular formula is C31H35N5O4. The lowest BCUT2D eigenvalue weighted by Gasteiger charge is -2.34. The highest BCUT2D eigenvalue weighted by Gasteiger charge is 2.37. The Bertz CT molecular complexity index is 1490. The molecule has 0 saturated heterocycles. The minimum Gasteiger partial charge on any atom is -0.497 e. The fourth-order valence-electron chi connectivity index (χ4n) is 5.49. The number of ether oxygens (including phenoxy) is 2. The number of aryl methyl sites for hydroxylation is 1. The van der Waals surface area contributed by atoms with Crippen LogP contribution >= 0.6 is 0 Å². The molecule has 4 aromatic rings. The van der Waals surface area contributed by atoms with Gasteiger partial charge in [0.2, 0.25) is 11.8 Å². The van der Waals surface area contributed by atoms with Gasteiger partial charge < -0.3 is 14.8 Å². The van der Waals surface area contributed by atoms with Gasteiger partial charge in [-0.05, 0) is 55.2 Å². The molecular weight excluding hydrogens is 506 g/mol. The monoisotopic (exact) mass is 541 g/mol. The summed E-state index contributed by atoms with van der Waals surface area (Å²) in [5.41, 5.74) is 3.63. The van der Waals surface area contributed by atoms with Gasteiger partial charge in [0.05, 0.1) is 19.7 Å². The van der Waals surface area contributed by atoms with Gasteiger partial charge >= 0.3 is 0 Å². The maximum Gasteiger partial charge on any atom is 0.249 e. The SMILES string of the molecule is CCc1ccccc1N(C(=O)Cn1nnc2ccccc21)C(C(=O)NC1CCCC1)c1ccc(OC)cc1OC. The van der Waals surface area contributed by atoms with E-state index in [1.165, 1.54) is 0 Å². The van der Waals surface area contributed by atoms with Gasteiger partial charge in [0.15, 0.2) is 0 Å². The molecule has 0 aliphatic heterocycles. The third-order valence-electron chi connectivity index (χ3n) is 7.55. The number of fused-ring (bicyclic) bond motifs is 1. The van der Waals surface area contributed by atoms with E-state index in [9.17, 15) is 9.59 Å². The highest BCUT2D eigenvalue weighted by molar-refractivity contribution is 6.02. The second-order valence-corrected chi connectivity index (χ2v) is 9.98. The van der Waals surface area contributed by atoms with Crippen molar-refractivity contribution >= 4 is 28.5 Å². The van der Waals surface area contributed by atoms with Crippen LogP contribution in [0.5, 0.6) is 11.5 Å². The van der Waals surface area contributed by atoms with Crippen LogP contribution in [0.4, 0.5) is 5.69 Å². The van der Waals surface area contributed by atoms with Gasteiger partial charge in [-0.1, -0.05) is 55.3 Å². The molecule has 0 bridgehead atoms. The number of benzene rings is 3. The number of hydrogen-bond donors (Lipinski definition) is 1. The second kappa shape index (κ2) is 12.2. The van der Waals surface area contributed by atoms with Crippen molar-refractivity contribution in [2.45, 2.75) is 57.7 Å². The summed E-state index contributed by atoms with van der Waals surface area (Å²) in [6.45, 7) is 1.94. The zero-order valence-corrected chi connectivity index (χ0v) is 23.2. The smallest absolute Gasteiger partial charge is 0.249 e. The Morgan fingerprint density at radius 1 is 1.02 bits per heavy atom. The summed E-state index contributed by atoms with van der Waals surface area (Å²) in [6.07, 6.45) is 4.67. The van der Waals surface area contributed by atoms with Gasteiger partial charge in [-0.2, -0.15) is 0 Å². The summed E-state index contributed by atoms with van der Waals surface area (Å²) >= 11 is 0. The first-order chi connectivity index (χ1) is 19.5. The van der Waals surface area contributed by atoms with Crippen molar-refractivity contribution in [3.05, 3.63) is 77.9 Å². The van der Waals surface area contributed by atoms with E-state index in [-0.39, 0.29) is 24.4 Å². The molecule has 208 valence electrons. The van der Waals surface area contributed by atoms with Crippen LogP contribution in [0, 0.1) is 0 Å². The number of hydrogen-bond acceptors (Lipinski definition) is 6. The van der Waals surface area contributed by atoms with Crippen LogP contribution in [0.1, 0.15) is 49.8 Å².